The number of carbonyl (C=O) groups excluding carboxylic acids is 1. The monoisotopic (exact) mass is 483 g/mol. The molecule has 0 aromatic heterocycles. The Morgan fingerprint density at radius 3 is 2.67 bits per heavy atom. The summed E-state index contributed by atoms with van der Waals surface area (Å²) >= 11 is 12.2. The van der Waals surface area contributed by atoms with Crippen LogP contribution in [0.4, 0.5) is 0 Å². The first-order valence-corrected chi connectivity index (χ1v) is 12.7. The molecule has 1 saturated carbocycles. The third-order valence-electron chi connectivity index (χ3n) is 7.69. The quantitative estimate of drug-likeness (QED) is 0.555. The smallest absolute Gasteiger partial charge is 0.250 e. The summed E-state index contributed by atoms with van der Waals surface area (Å²) in [6.07, 6.45) is 4.26. The molecule has 6 rings (SSSR count). The van der Waals surface area contributed by atoms with E-state index >= 15 is 0 Å². The molecule has 1 saturated heterocycles. The molecule has 4 bridgehead atoms. The predicted molar refractivity (Wildman–Crippen MR) is 135 cm³/mol. The maximum Gasteiger partial charge on any atom is 0.250 e. The molecule has 3 aliphatic heterocycles. The van der Waals surface area contributed by atoms with Crippen LogP contribution in [0.1, 0.15) is 37.8 Å². The number of hydrogen-bond donors (Lipinski definition) is 1. The minimum Gasteiger partial charge on any atom is -0.350 e. The van der Waals surface area contributed by atoms with Crippen molar-refractivity contribution in [1.29, 1.82) is 0 Å². The van der Waals surface area contributed by atoms with E-state index in [1.54, 1.807) is 6.07 Å². The highest BCUT2D eigenvalue weighted by molar-refractivity contribution is 6.42. The standard InChI is InChI=1S/C27H31Cl2N3O/c1-17(2)10-22-20-12-21-16-32(15-18-6-4-3-5-7-18)25(22)27(21,31-14-20)26(33)30-13-19-8-9-23(28)24(29)11-19/h3-9,11,14,17,20-22,25H,10,12-13,15-16H2,1-2H3,(H,30,33). The van der Waals surface area contributed by atoms with Crippen molar-refractivity contribution in [3.63, 3.8) is 0 Å². The second kappa shape index (κ2) is 9.05. The fourth-order valence-electron chi connectivity index (χ4n) is 6.40. The maximum absolute atomic E-state index is 13.9. The summed E-state index contributed by atoms with van der Waals surface area (Å²) in [5.74, 6) is 1.78. The number of benzene rings is 2. The summed E-state index contributed by atoms with van der Waals surface area (Å²) in [6.45, 7) is 6.76. The van der Waals surface area contributed by atoms with Gasteiger partial charge in [-0.25, -0.2) is 0 Å². The van der Waals surface area contributed by atoms with Crippen LogP contribution in [0.2, 0.25) is 10.0 Å². The molecule has 5 atom stereocenters. The first kappa shape index (κ1) is 22.9. The lowest BCUT2D eigenvalue weighted by molar-refractivity contribution is -0.132. The van der Waals surface area contributed by atoms with Gasteiger partial charge in [-0.15, -0.1) is 0 Å². The van der Waals surface area contributed by atoms with Crippen molar-refractivity contribution in [3.8, 4) is 0 Å². The minimum atomic E-state index is -0.709. The van der Waals surface area contributed by atoms with Crippen molar-refractivity contribution in [2.45, 2.75) is 51.4 Å². The van der Waals surface area contributed by atoms with Gasteiger partial charge in [0.15, 0.2) is 5.54 Å². The molecule has 2 aromatic rings. The average molecular weight is 484 g/mol. The van der Waals surface area contributed by atoms with Gasteiger partial charge >= 0.3 is 0 Å². The van der Waals surface area contributed by atoms with Gasteiger partial charge in [-0.05, 0) is 53.9 Å². The Labute approximate surface area is 206 Å². The molecule has 5 unspecified atom stereocenters. The van der Waals surface area contributed by atoms with Gasteiger partial charge in [0.2, 0.25) is 5.91 Å². The van der Waals surface area contributed by atoms with E-state index in [-0.39, 0.29) is 17.9 Å². The van der Waals surface area contributed by atoms with E-state index < -0.39 is 5.54 Å². The van der Waals surface area contributed by atoms with E-state index in [0.717, 1.165) is 31.5 Å². The van der Waals surface area contributed by atoms with Crippen LogP contribution in [0, 0.1) is 23.7 Å². The van der Waals surface area contributed by atoms with Crippen LogP contribution in [0.25, 0.3) is 0 Å². The second-order valence-electron chi connectivity index (χ2n) is 10.3. The normalized spacial score (nSPS) is 30.2. The highest BCUT2D eigenvalue weighted by Gasteiger charge is 2.67. The van der Waals surface area contributed by atoms with E-state index in [1.165, 1.54) is 5.56 Å². The zero-order valence-electron chi connectivity index (χ0n) is 19.2. The molecule has 0 spiro atoms. The fourth-order valence-corrected chi connectivity index (χ4v) is 6.72. The second-order valence-corrected chi connectivity index (χ2v) is 11.1. The van der Waals surface area contributed by atoms with E-state index in [9.17, 15) is 4.79 Å². The molecular formula is C27H31Cl2N3O. The van der Waals surface area contributed by atoms with Crippen molar-refractivity contribution < 1.29 is 4.79 Å². The largest absolute Gasteiger partial charge is 0.350 e. The van der Waals surface area contributed by atoms with Gasteiger partial charge < -0.3 is 5.32 Å². The van der Waals surface area contributed by atoms with E-state index in [0.29, 0.717) is 34.3 Å². The van der Waals surface area contributed by atoms with Gasteiger partial charge in [0.1, 0.15) is 0 Å². The molecule has 2 fully saturated rings. The van der Waals surface area contributed by atoms with E-state index in [2.05, 4.69) is 60.6 Å². The number of hydrogen-bond acceptors (Lipinski definition) is 3. The van der Waals surface area contributed by atoms with Crippen LogP contribution in [0.5, 0.6) is 0 Å². The summed E-state index contributed by atoms with van der Waals surface area (Å²) in [7, 11) is 0. The summed E-state index contributed by atoms with van der Waals surface area (Å²) in [5.41, 5.74) is 1.52. The van der Waals surface area contributed by atoms with Crippen LogP contribution >= 0.6 is 23.2 Å². The molecule has 4 nitrogen and oxygen atoms in total. The number of amides is 1. The SMILES string of the molecule is CC(C)CC1C2C=NC3(C(=O)NCc4ccc(Cl)c(Cl)c4)C(C2)CN(Cc2ccccc2)C13. The summed E-state index contributed by atoms with van der Waals surface area (Å²) in [5, 5.41) is 4.23. The Balaban J connectivity index is 1.43. The van der Waals surface area contributed by atoms with Crippen molar-refractivity contribution >= 4 is 35.3 Å². The lowest BCUT2D eigenvalue weighted by Gasteiger charge is -2.51. The Bertz CT molecular complexity index is 1060. The molecule has 33 heavy (non-hydrogen) atoms. The minimum absolute atomic E-state index is 0.0438. The first-order chi connectivity index (χ1) is 15.9. The van der Waals surface area contributed by atoms with Crippen molar-refractivity contribution in [2.24, 2.45) is 28.7 Å². The zero-order chi connectivity index (χ0) is 23.2. The molecule has 2 aromatic carbocycles. The maximum atomic E-state index is 13.9. The molecule has 3 heterocycles. The lowest BCUT2D eigenvalue weighted by atomic mass is 9.59. The lowest BCUT2D eigenvalue weighted by Crippen LogP contribution is -2.65. The zero-order valence-corrected chi connectivity index (χ0v) is 20.7. The molecule has 1 N–H and O–H groups in total. The van der Waals surface area contributed by atoms with Crippen molar-refractivity contribution in [1.82, 2.24) is 10.2 Å². The molecule has 6 heteroatoms. The van der Waals surface area contributed by atoms with Crippen molar-refractivity contribution in [2.75, 3.05) is 6.54 Å². The molecule has 1 amide bonds. The number of nitrogens with zero attached hydrogens (tertiary/aromatic N) is 2. The van der Waals surface area contributed by atoms with Gasteiger partial charge in [0, 0.05) is 37.8 Å². The van der Waals surface area contributed by atoms with Gasteiger partial charge in [0.05, 0.1) is 10.0 Å². The van der Waals surface area contributed by atoms with Gasteiger partial charge in [-0.1, -0.05) is 73.4 Å². The summed E-state index contributed by atoms with van der Waals surface area (Å²) < 4.78 is 0. The third-order valence-corrected chi connectivity index (χ3v) is 8.43. The van der Waals surface area contributed by atoms with Crippen molar-refractivity contribution in [3.05, 3.63) is 69.7 Å². The average Bonchev–Trinajstić information content (AvgIpc) is 3.06. The Kier molecular flexibility index (Phi) is 6.28. The topological polar surface area (TPSA) is 44.7 Å². The van der Waals surface area contributed by atoms with Gasteiger partial charge in [-0.2, -0.15) is 0 Å². The number of rotatable bonds is 7. The third kappa shape index (κ3) is 4.11. The number of carbonyl (C=O) groups is 1. The summed E-state index contributed by atoms with van der Waals surface area (Å²) in [4.78, 5) is 21.4. The molecule has 0 radical (unpaired) electrons. The Morgan fingerprint density at radius 1 is 1.15 bits per heavy atom. The molecular weight excluding hydrogens is 453 g/mol. The number of likely N-dealkylation sites (tertiary alicyclic amines) is 1. The highest BCUT2D eigenvalue weighted by atomic mass is 35.5. The van der Waals surface area contributed by atoms with Crippen LogP contribution in [-0.2, 0) is 17.9 Å². The van der Waals surface area contributed by atoms with Gasteiger partial charge in [0.25, 0.3) is 0 Å². The van der Waals surface area contributed by atoms with Gasteiger partial charge in [-0.3, -0.25) is 14.7 Å². The van der Waals surface area contributed by atoms with E-state index in [1.807, 2.05) is 12.1 Å². The van der Waals surface area contributed by atoms with Crippen LogP contribution < -0.4 is 5.32 Å². The molecule has 4 aliphatic rings. The molecule has 174 valence electrons. The molecule has 1 aliphatic carbocycles. The Hall–Kier alpha value is -1.88. The number of halogens is 2. The summed E-state index contributed by atoms with van der Waals surface area (Å²) in [6, 6.07) is 16.2. The number of aliphatic imine (C=N–C) groups is 1. The van der Waals surface area contributed by atoms with Crippen LogP contribution in [0.15, 0.2) is 53.5 Å². The van der Waals surface area contributed by atoms with Crippen LogP contribution in [-0.4, -0.2) is 35.1 Å². The predicted octanol–water partition coefficient (Wildman–Crippen LogP) is 5.62. The highest BCUT2D eigenvalue weighted by Crippen LogP contribution is 2.55. The first-order valence-electron chi connectivity index (χ1n) is 11.9. The number of nitrogens with one attached hydrogen (secondary N) is 1. The Morgan fingerprint density at radius 2 is 1.94 bits per heavy atom. The van der Waals surface area contributed by atoms with Crippen LogP contribution in [0.3, 0.4) is 0 Å². The fraction of sp³-hybridized carbons (Fsp3) is 0.481. The van der Waals surface area contributed by atoms with E-state index in [4.69, 9.17) is 28.2 Å².